The van der Waals surface area contributed by atoms with E-state index < -0.39 is 0 Å². The van der Waals surface area contributed by atoms with Crippen LogP contribution in [0.2, 0.25) is 0 Å². The number of Topliss-reactive ketones (excluding diaryl/α,β-unsaturated/α-hetero) is 1. The Morgan fingerprint density at radius 1 is 1.60 bits per heavy atom. The number of hydrogen-bond donors (Lipinski definition) is 2. The molecule has 5 heteroatoms. The molecule has 0 aliphatic carbocycles. The Bertz CT molecular complexity index is 401. The number of carbonyl (C=O) groups is 2. The van der Waals surface area contributed by atoms with Gasteiger partial charge in [0.25, 0.3) is 0 Å². The zero-order chi connectivity index (χ0) is 11.4. The number of phenolic OH excluding ortho intramolecular Hbond substituents is 1. The Balaban J connectivity index is 3.34. The zero-order valence-electron chi connectivity index (χ0n) is 8.19. The third-order valence-electron chi connectivity index (χ3n) is 1.96. The molecule has 0 spiro atoms. The van der Waals surface area contributed by atoms with Crippen LogP contribution >= 0.6 is 0 Å². The maximum atomic E-state index is 11.4. The molecule has 1 aromatic rings. The van der Waals surface area contributed by atoms with Gasteiger partial charge in [-0.3, -0.25) is 9.59 Å². The smallest absolute Gasteiger partial charge is 0.177 e. The van der Waals surface area contributed by atoms with E-state index in [9.17, 15) is 14.7 Å². The summed E-state index contributed by atoms with van der Waals surface area (Å²) in [5.41, 5.74) is 5.44. The van der Waals surface area contributed by atoms with Crippen LogP contribution in [0.1, 0.15) is 20.7 Å². The van der Waals surface area contributed by atoms with Gasteiger partial charge in [-0.05, 0) is 12.1 Å². The van der Waals surface area contributed by atoms with Gasteiger partial charge in [-0.2, -0.15) is 0 Å². The number of ether oxygens (including phenoxy) is 1. The van der Waals surface area contributed by atoms with Crippen LogP contribution in [-0.2, 0) is 0 Å². The van der Waals surface area contributed by atoms with E-state index in [-0.39, 0.29) is 35.0 Å². The molecule has 0 bridgehead atoms. The number of aromatic hydroxyl groups is 1. The SMILES string of the molecule is COc1cc(C(=O)CN)c(C=O)cc1O. The molecule has 0 fully saturated rings. The van der Waals surface area contributed by atoms with E-state index in [2.05, 4.69) is 0 Å². The van der Waals surface area contributed by atoms with Crippen LogP contribution in [0, 0.1) is 0 Å². The van der Waals surface area contributed by atoms with E-state index >= 15 is 0 Å². The highest BCUT2D eigenvalue weighted by Gasteiger charge is 2.14. The van der Waals surface area contributed by atoms with Gasteiger partial charge in [0.05, 0.1) is 13.7 Å². The molecule has 0 aliphatic heterocycles. The molecule has 0 saturated heterocycles. The van der Waals surface area contributed by atoms with Crippen LogP contribution in [0.5, 0.6) is 11.5 Å². The molecule has 0 unspecified atom stereocenters. The molecule has 0 amide bonds. The molecule has 0 aromatic heterocycles. The first kappa shape index (κ1) is 11.2. The summed E-state index contributed by atoms with van der Waals surface area (Å²) in [6.07, 6.45) is 0.488. The van der Waals surface area contributed by atoms with Gasteiger partial charge < -0.3 is 15.6 Å². The van der Waals surface area contributed by atoms with Crippen molar-refractivity contribution in [3.8, 4) is 11.5 Å². The zero-order valence-corrected chi connectivity index (χ0v) is 8.19. The summed E-state index contributed by atoms with van der Waals surface area (Å²) in [7, 11) is 1.35. The Hall–Kier alpha value is -1.88. The predicted molar refractivity (Wildman–Crippen MR) is 53.4 cm³/mol. The van der Waals surface area contributed by atoms with Gasteiger partial charge in [-0.25, -0.2) is 0 Å². The fourth-order valence-corrected chi connectivity index (χ4v) is 1.20. The number of nitrogens with two attached hydrogens (primary N) is 1. The van der Waals surface area contributed by atoms with Gasteiger partial charge in [-0.1, -0.05) is 0 Å². The van der Waals surface area contributed by atoms with E-state index in [4.69, 9.17) is 10.5 Å². The van der Waals surface area contributed by atoms with Crippen molar-refractivity contribution >= 4 is 12.1 Å². The second kappa shape index (κ2) is 4.56. The van der Waals surface area contributed by atoms with Crippen LogP contribution < -0.4 is 10.5 Å². The first-order chi connectivity index (χ1) is 7.13. The second-order valence-corrected chi connectivity index (χ2v) is 2.86. The standard InChI is InChI=1S/C10H11NO4/c1-15-10-3-7(9(14)4-11)6(5-12)2-8(10)13/h2-3,5,13H,4,11H2,1H3. The number of hydrogen-bond acceptors (Lipinski definition) is 5. The summed E-state index contributed by atoms with van der Waals surface area (Å²) in [6, 6.07) is 2.48. The normalized spacial score (nSPS) is 9.73. The van der Waals surface area contributed by atoms with Crippen LogP contribution in [0.4, 0.5) is 0 Å². The molecular weight excluding hydrogens is 198 g/mol. The van der Waals surface area contributed by atoms with Gasteiger partial charge in [0.2, 0.25) is 0 Å². The number of rotatable bonds is 4. The fraction of sp³-hybridized carbons (Fsp3) is 0.200. The van der Waals surface area contributed by atoms with E-state index in [1.807, 2.05) is 0 Å². The maximum absolute atomic E-state index is 11.4. The fourth-order valence-electron chi connectivity index (χ4n) is 1.20. The molecule has 0 atom stereocenters. The van der Waals surface area contributed by atoms with Crippen molar-refractivity contribution < 1.29 is 19.4 Å². The third-order valence-corrected chi connectivity index (χ3v) is 1.96. The summed E-state index contributed by atoms with van der Waals surface area (Å²) in [5, 5.41) is 9.37. The van der Waals surface area contributed by atoms with Gasteiger partial charge >= 0.3 is 0 Å². The Labute approximate surface area is 86.5 Å². The molecule has 15 heavy (non-hydrogen) atoms. The summed E-state index contributed by atoms with van der Waals surface area (Å²) >= 11 is 0. The lowest BCUT2D eigenvalue weighted by atomic mass is 10.0. The lowest BCUT2D eigenvalue weighted by Gasteiger charge is -2.07. The van der Waals surface area contributed by atoms with Gasteiger partial charge in [0, 0.05) is 11.1 Å². The molecule has 1 aromatic carbocycles. The summed E-state index contributed by atoms with van der Waals surface area (Å²) in [5.74, 6) is -0.430. The predicted octanol–water partition coefficient (Wildman–Crippen LogP) is 0.355. The second-order valence-electron chi connectivity index (χ2n) is 2.86. The average Bonchev–Trinajstić information content (AvgIpc) is 2.27. The first-order valence-corrected chi connectivity index (χ1v) is 4.23. The summed E-state index contributed by atoms with van der Waals surface area (Å²) < 4.78 is 4.82. The number of methoxy groups -OCH3 is 1. The minimum absolute atomic E-state index is 0.101. The highest BCUT2D eigenvalue weighted by atomic mass is 16.5. The number of carbonyl (C=O) groups excluding carboxylic acids is 2. The Morgan fingerprint density at radius 3 is 2.73 bits per heavy atom. The highest BCUT2D eigenvalue weighted by molar-refractivity contribution is 6.04. The Kier molecular flexibility index (Phi) is 3.41. The van der Waals surface area contributed by atoms with Crippen molar-refractivity contribution in [1.82, 2.24) is 0 Å². The molecule has 80 valence electrons. The number of aldehydes is 1. The lowest BCUT2D eigenvalue weighted by molar-refractivity contribution is 0.0994. The van der Waals surface area contributed by atoms with E-state index in [1.54, 1.807) is 0 Å². The van der Waals surface area contributed by atoms with Crippen LogP contribution in [0.3, 0.4) is 0 Å². The third kappa shape index (κ3) is 2.13. The van der Waals surface area contributed by atoms with Crippen molar-refractivity contribution in [3.05, 3.63) is 23.3 Å². The number of benzene rings is 1. The van der Waals surface area contributed by atoms with Crippen molar-refractivity contribution in [3.63, 3.8) is 0 Å². The lowest BCUT2D eigenvalue weighted by Crippen LogP contribution is -2.15. The molecule has 3 N–H and O–H groups in total. The monoisotopic (exact) mass is 209 g/mol. The van der Waals surface area contributed by atoms with Crippen molar-refractivity contribution in [2.45, 2.75) is 0 Å². The van der Waals surface area contributed by atoms with Crippen LogP contribution in [-0.4, -0.2) is 30.8 Å². The van der Waals surface area contributed by atoms with Gasteiger partial charge in [0.1, 0.15) is 0 Å². The topological polar surface area (TPSA) is 89.6 Å². The molecule has 0 radical (unpaired) electrons. The van der Waals surface area contributed by atoms with E-state index in [0.717, 1.165) is 0 Å². The van der Waals surface area contributed by atoms with E-state index in [0.29, 0.717) is 6.29 Å². The van der Waals surface area contributed by atoms with Crippen LogP contribution in [0.25, 0.3) is 0 Å². The minimum Gasteiger partial charge on any atom is -0.504 e. The van der Waals surface area contributed by atoms with Crippen molar-refractivity contribution in [2.75, 3.05) is 13.7 Å². The summed E-state index contributed by atoms with van der Waals surface area (Å²) in [6.45, 7) is -0.200. The molecule has 0 heterocycles. The molecular formula is C10H11NO4. The van der Waals surface area contributed by atoms with Crippen molar-refractivity contribution in [2.24, 2.45) is 5.73 Å². The minimum atomic E-state index is -0.379. The highest BCUT2D eigenvalue weighted by Crippen LogP contribution is 2.28. The average molecular weight is 209 g/mol. The van der Waals surface area contributed by atoms with Crippen molar-refractivity contribution in [1.29, 1.82) is 0 Å². The maximum Gasteiger partial charge on any atom is 0.177 e. The van der Waals surface area contributed by atoms with E-state index in [1.165, 1.54) is 19.2 Å². The molecule has 5 nitrogen and oxygen atoms in total. The van der Waals surface area contributed by atoms with Crippen LogP contribution in [0.15, 0.2) is 12.1 Å². The van der Waals surface area contributed by atoms with Gasteiger partial charge in [-0.15, -0.1) is 0 Å². The quantitative estimate of drug-likeness (QED) is 0.551. The molecule has 1 rings (SSSR count). The number of phenols is 1. The first-order valence-electron chi connectivity index (χ1n) is 4.23. The number of ketones is 1. The Morgan fingerprint density at radius 2 is 2.27 bits per heavy atom. The van der Waals surface area contributed by atoms with Gasteiger partial charge in [0.15, 0.2) is 23.6 Å². The molecule has 0 saturated carbocycles. The largest absolute Gasteiger partial charge is 0.504 e. The molecule has 0 aliphatic rings. The summed E-state index contributed by atoms with van der Waals surface area (Å²) in [4.78, 5) is 22.0.